The lowest BCUT2D eigenvalue weighted by atomic mass is 9.96. The summed E-state index contributed by atoms with van der Waals surface area (Å²) in [5, 5.41) is 23.0. The third-order valence-corrected chi connectivity index (χ3v) is 6.81. The second-order valence-corrected chi connectivity index (χ2v) is 10.7. The molecule has 0 saturated carbocycles. The molecule has 6 unspecified atom stereocenters. The fraction of sp³-hybridized carbons (Fsp3) is 0.704. The summed E-state index contributed by atoms with van der Waals surface area (Å²) in [5.74, 6) is -3.41. The Bertz CT molecular complexity index is 910. The first kappa shape index (κ1) is 35.0. The van der Waals surface area contributed by atoms with Crippen molar-refractivity contribution in [1.29, 1.82) is 0 Å². The topological polar surface area (TPSA) is 186 Å². The molecule has 1 aliphatic heterocycles. The van der Waals surface area contributed by atoms with Gasteiger partial charge in [-0.25, -0.2) is 0 Å². The maximum atomic E-state index is 13.5. The van der Waals surface area contributed by atoms with Crippen LogP contribution in [0.5, 0.6) is 0 Å². The number of aliphatic hydroxyl groups is 1. The molecule has 13 nitrogen and oxygen atoms in total. The number of rotatable bonds is 16. The van der Waals surface area contributed by atoms with E-state index in [1.807, 2.05) is 20.8 Å². The normalized spacial score (nSPS) is 18.7. The first-order chi connectivity index (χ1) is 18.7. The second-order valence-electron chi connectivity index (χ2n) is 10.7. The van der Waals surface area contributed by atoms with Gasteiger partial charge in [0, 0.05) is 6.54 Å². The number of nitrogens with one attached hydrogen (secondary N) is 5. The van der Waals surface area contributed by atoms with Crippen LogP contribution in [0.15, 0.2) is 0 Å². The number of likely N-dealkylation sites (N-methyl/N-ethyl adjacent to an activating group) is 1. The third-order valence-electron chi connectivity index (χ3n) is 6.81. The maximum absolute atomic E-state index is 13.5. The molecule has 0 bridgehead atoms. The zero-order valence-corrected chi connectivity index (χ0v) is 24.6. The van der Waals surface area contributed by atoms with E-state index in [9.17, 15) is 33.9 Å². The van der Waals surface area contributed by atoms with Crippen molar-refractivity contribution < 1.29 is 33.9 Å². The summed E-state index contributed by atoms with van der Waals surface area (Å²) in [5.41, 5.74) is 0. The molecular weight excluding hydrogens is 520 g/mol. The fourth-order valence-electron chi connectivity index (χ4n) is 4.34. The van der Waals surface area contributed by atoms with Crippen molar-refractivity contribution in [2.45, 2.75) is 97.5 Å². The molecule has 226 valence electrons. The summed E-state index contributed by atoms with van der Waals surface area (Å²) in [6.07, 6.45) is 0.734. The van der Waals surface area contributed by atoms with Crippen LogP contribution in [0.3, 0.4) is 0 Å². The van der Waals surface area contributed by atoms with E-state index in [1.54, 1.807) is 14.0 Å². The number of ketones is 1. The summed E-state index contributed by atoms with van der Waals surface area (Å²) in [7, 11) is 1.64. The standard InChI is InChI=1S/C27H46N6O7/c1-8-16(4)22(27(40)33-11-9-10-20(33)25(38)29-13-17(5)34)32-26(39)23(18(6)35)31-21(36)14-30-24(37)19(28-7)12-15(2)3/h13-16,18-20,22-23,28,35H,8-12H2,1-7H3,(H,29,38)(H,30,37)(H,31,36)(H,32,39). The Labute approximate surface area is 236 Å². The van der Waals surface area contributed by atoms with Gasteiger partial charge in [0.1, 0.15) is 31.2 Å². The highest BCUT2D eigenvalue weighted by Crippen LogP contribution is 2.21. The number of hydrogen-bond donors (Lipinski definition) is 6. The number of likely N-dealkylation sites (tertiary alicyclic amines) is 1. The van der Waals surface area contributed by atoms with Crippen molar-refractivity contribution in [2.24, 2.45) is 11.8 Å². The molecule has 6 atom stereocenters. The summed E-state index contributed by atoms with van der Waals surface area (Å²) < 4.78 is 0. The minimum Gasteiger partial charge on any atom is -0.391 e. The zero-order valence-electron chi connectivity index (χ0n) is 24.6. The van der Waals surface area contributed by atoms with Gasteiger partial charge in [-0.3, -0.25) is 28.8 Å². The molecule has 0 aromatic rings. The van der Waals surface area contributed by atoms with E-state index in [4.69, 9.17) is 0 Å². The molecule has 6 N–H and O–H groups in total. The number of hydrogen-bond acceptors (Lipinski definition) is 8. The van der Waals surface area contributed by atoms with Gasteiger partial charge in [-0.2, -0.15) is 0 Å². The Hall–Kier alpha value is -3.06. The maximum Gasteiger partial charge on any atom is 0.246 e. The molecule has 0 aromatic carbocycles. The molecule has 1 heterocycles. The van der Waals surface area contributed by atoms with Crippen molar-refractivity contribution in [3.05, 3.63) is 13.1 Å². The smallest absolute Gasteiger partial charge is 0.246 e. The Morgan fingerprint density at radius 3 is 2.12 bits per heavy atom. The SMILES string of the molecule is CCC(C)C(NC(=O)C(NC(=O)[CH]NC(=O)C(CC(C)C)NC)C(C)O)C(=O)N1CCCC1C(=O)N[CH]C(C)=O. The van der Waals surface area contributed by atoms with Crippen LogP contribution in [0.2, 0.25) is 0 Å². The Morgan fingerprint density at radius 2 is 1.60 bits per heavy atom. The highest BCUT2D eigenvalue weighted by molar-refractivity contribution is 5.98. The first-order valence-electron chi connectivity index (χ1n) is 13.8. The molecule has 0 spiro atoms. The lowest BCUT2D eigenvalue weighted by Crippen LogP contribution is -2.60. The molecule has 0 aliphatic carbocycles. The first-order valence-corrected chi connectivity index (χ1v) is 13.8. The van der Waals surface area contributed by atoms with E-state index in [0.29, 0.717) is 32.2 Å². The van der Waals surface area contributed by atoms with E-state index in [2.05, 4.69) is 26.6 Å². The predicted molar refractivity (Wildman–Crippen MR) is 148 cm³/mol. The van der Waals surface area contributed by atoms with Crippen molar-refractivity contribution in [1.82, 2.24) is 31.5 Å². The molecule has 40 heavy (non-hydrogen) atoms. The fourth-order valence-corrected chi connectivity index (χ4v) is 4.34. The van der Waals surface area contributed by atoms with Gasteiger partial charge in [0.05, 0.1) is 12.1 Å². The van der Waals surface area contributed by atoms with Gasteiger partial charge in [0.15, 0.2) is 5.78 Å². The Balaban J connectivity index is 2.92. The van der Waals surface area contributed by atoms with Crippen LogP contribution in [0.25, 0.3) is 0 Å². The van der Waals surface area contributed by atoms with Crippen molar-refractivity contribution >= 4 is 35.3 Å². The quantitative estimate of drug-likeness (QED) is 0.139. The van der Waals surface area contributed by atoms with Crippen LogP contribution in [-0.4, -0.2) is 89.2 Å². The van der Waals surface area contributed by atoms with Crippen LogP contribution < -0.4 is 26.6 Å². The number of carbonyl (C=O) groups excluding carboxylic acids is 6. The average Bonchev–Trinajstić information content (AvgIpc) is 3.39. The summed E-state index contributed by atoms with van der Waals surface area (Å²) in [4.78, 5) is 76.8. The van der Waals surface area contributed by atoms with E-state index >= 15 is 0 Å². The zero-order chi connectivity index (χ0) is 30.6. The van der Waals surface area contributed by atoms with Crippen LogP contribution in [0.4, 0.5) is 0 Å². The van der Waals surface area contributed by atoms with E-state index in [0.717, 1.165) is 13.1 Å². The molecule has 5 amide bonds. The Kier molecular flexibility index (Phi) is 14.8. The van der Waals surface area contributed by atoms with Crippen molar-refractivity contribution in [3.63, 3.8) is 0 Å². The van der Waals surface area contributed by atoms with Crippen LogP contribution in [-0.2, 0) is 28.8 Å². The van der Waals surface area contributed by atoms with Gasteiger partial charge in [0.2, 0.25) is 29.5 Å². The second kappa shape index (κ2) is 16.9. The number of nitrogens with zero attached hydrogens (tertiary/aromatic N) is 1. The van der Waals surface area contributed by atoms with Crippen LogP contribution in [0.1, 0.15) is 67.2 Å². The van der Waals surface area contributed by atoms with E-state index in [-0.39, 0.29) is 17.6 Å². The summed E-state index contributed by atoms with van der Waals surface area (Å²) >= 11 is 0. The average molecular weight is 567 g/mol. The van der Waals surface area contributed by atoms with Crippen molar-refractivity contribution in [2.75, 3.05) is 13.6 Å². The molecule has 1 aliphatic rings. The molecule has 1 fully saturated rings. The van der Waals surface area contributed by atoms with Gasteiger partial charge in [-0.1, -0.05) is 34.1 Å². The van der Waals surface area contributed by atoms with Gasteiger partial charge >= 0.3 is 0 Å². The van der Waals surface area contributed by atoms with Gasteiger partial charge in [-0.15, -0.1) is 0 Å². The predicted octanol–water partition coefficient (Wildman–Crippen LogP) is -0.847. The number of aliphatic hydroxyl groups excluding tert-OH is 1. The minimum absolute atomic E-state index is 0.241. The summed E-state index contributed by atoms with van der Waals surface area (Å²) in [6.45, 7) is 12.4. The van der Waals surface area contributed by atoms with Crippen LogP contribution in [0, 0.1) is 24.9 Å². The number of Topliss-reactive ketones (excluding diaryl/α,β-unsaturated/α-hetero) is 1. The summed E-state index contributed by atoms with van der Waals surface area (Å²) in [6, 6.07) is -3.76. The molecule has 1 rings (SSSR count). The number of amides is 5. The molecule has 1 saturated heterocycles. The van der Waals surface area contributed by atoms with Gasteiger partial charge < -0.3 is 36.6 Å². The highest BCUT2D eigenvalue weighted by atomic mass is 16.3. The Morgan fingerprint density at radius 1 is 0.950 bits per heavy atom. The van der Waals surface area contributed by atoms with E-state index in [1.165, 1.54) is 18.7 Å². The minimum atomic E-state index is -1.42. The number of carbonyl (C=O) groups is 6. The molecular formula is C27H46N6O7. The van der Waals surface area contributed by atoms with Crippen molar-refractivity contribution in [3.8, 4) is 0 Å². The van der Waals surface area contributed by atoms with Crippen LogP contribution >= 0.6 is 0 Å². The van der Waals surface area contributed by atoms with Gasteiger partial charge in [-0.05, 0) is 52.0 Å². The lowest BCUT2D eigenvalue weighted by molar-refractivity contribution is -0.143. The van der Waals surface area contributed by atoms with E-state index < -0.39 is 59.8 Å². The lowest BCUT2D eigenvalue weighted by Gasteiger charge is -2.32. The molecule has 0 aromatic heterocycles. The molecule has 13 heteroatoms. The monoisotopic (exact) mass is 566 g/mol. The third kappa shape index (κ3) is 10.8. The van der Waals surface area contributed by atoms with Gasteiger partial charge in [0.25, 0.3) is 0 Å². The largest absolute Gasteiger partial charge is 0.391 e. The molecule has 2 radical (unpaired) electrons. The highest BCUT2D eigenvalue weighted by Gasteiger charge is 2.40.